The summed E-state index contributed by atoms with van der Waals surface area (Å²) in [6.45, 7) is 0. The molecular weight excluding hydrogens is 693 g/mol. The highest BCUT2D eigenvalue weighted by Gasteiger charge is 2.21. The van der Waals surface area contributed by atoms with Gasteiger partial charge in [-0.15, -0.1) is 0 Å². The highest BCUT2D eigenvalue weighted by molar-refractivity contribution is 6.61. The van der Waals surface area contributed by atoms with Crippen molar-refractivity contribution in [3.05, 3.63) is 230 Å². The fourth-order valence-corrected chi connectivity index (χ4v) is 7.02. The molecule has 7 aromatic carbocycles. The molecular formula is C53H40N4. The smallest absolute Gasteiger partial charge is 0.0867 e. The molecule has 0 amide bonds. The fourth-order valence-electron chi connectivity index (χ4n) is 7.02. The van der Waals surface area contributed by atoms with E-state index in [2.05, 4.69) is 120 Å². The minimum atomic E-state index is 0.204. The van der Waals surface area contributed by atoms with Gasteiger partial charge >= 0.3 is 0 Å². The Bertz CT molecular complexity index is 2600. The second-order valence-corrected chi connectivity index (χ2v) is 13.9. The molecule has 0 aliphatic heterocycles. The maximum Gasteiger partial charge on any atom is 0.0867 e. The SMILES string of the molecule is N=C1C=C(c2cc(-c3ccccc3)cc(-c3ccccc3)c2)C=C(c2cc(-c3ccccc3)cc(-c3ccccc3)c2)C1=N.Nc1ccc(-c2ccncc2)cc1. The van der Waals surface area contributed by atoms with E-state index in [4.69, 9.17) is 16.6 Å². The first kappa shape index (κ1) is 36.3. The molecule has 4 nitrogen and oxygen atoms in total. The van der Waals surface area contributed by atoms with Crippen LogP contribution in [0.4, 0.5) is 5.69 Å². The number of nitrogen functional groups attached to an aromatic ring is 1. The molecule has 0 fully saturated rings. The lowest BCUT2D eigenvalue weighted by Crippen LogP contribution is -2.16. The van der Waals surface area contributed by atoms with E-state index in [1.807, 2.05) is 91.0 Å². The van der Waals surface area contributed by atoms with Crippen LogP contribution in [0.1, 0.15) is 11.1 Å². The number of pyridine rings is 1. The molecule has 0 saturated carbocycles. The van der Waals surface area contributed by atoms with Gasteiger partial charge in [-0.25, -0.2) is 0 Å². The van der Waals surface area contributed by atoms with Gasteiger partial charge in [-0.05, 0) is 145 Å². The number of aromatic nitrogens is 1. The van der Waals surface area contributed by atoms with Gasteiger partial charge in [-0.2, -0.15) is 0 Å². The van der Waals surface area contributed by atoms with Crippen LogP contribution in [0.2, 0.25) is 0 Å². The number of rotatable bonds is 7. The van der Waals surface area contributed by atoms with E-state index in [1.54, 1.807) is 12.4 Å². The molecule has 4 heteroatoms. The molecule has 0 radical (unpaired) electrons. The summed E-state index contributed by atoms with van der Waals surface area (Å²) in [4.78, 5) is 3.96. The number of nitrogens with one attached hydrogen (secondary N) is 2. The molecule has 8 aromatic rings. The predicted molar refractivity (Wildman–Crippen MR) is 240 cm³/mol. The zero-order valence-corrected chi connectivity index (χ0v) is 31.3. The first-order valence-corrected chi connectivity index (χ1v) is 18.9. The Kier molecular flexibility index (Phi) is 10.7. The Balaban J connectivity index is 0.000000296. The van der Waals surface area contributed by atoms with Gasteiger partial charge in [0.15, 0.2) is 0 Å². The van der Waals surface area contributed by atoms with Crippen LogP contribution in [0.5, 0.6) is 0 Å². The van der Waals surface area contributed by atoms with E-state index in [-0.39, 0.29) is 11.4 Å². The van der Waals surface area contributed by atoms with Gasteiger partial charge in [0.05, 0.1) is 11.4 Å². The molecule has 57 heavy (non-hydrogen) atoms. The summed E-state index contributed by atoms with van der Waals surface area (Å²) in [7, 11) is 0. The molecule has 0 unspecified atom stereocenters. The molecule has 272 valence electrons. The van der Waals surface area contributed by atoms with Gasteiger partial charge in [0.25, 0.3) is 0 Å². The van der Waals surface area contributed by atoms with Crippen LogP contribution in [-0.4, -0.2) is 16.4 Å². The Morgan fingerprint density at radius 1 is 0.333 bits per heavy atom. The number of hydrogen-bond donors (Lipinski definition) is 3. The lowest BCUT2D eigenvalue weighted by Gasteiger charge is -2.20. The second kappa shape index (κ2) is 16.8. The number of anilines is 1. The van der Waals surface area contributed by atoms with E-state index in [0.717, 1.165) is 83.6 Å². The van der Waals surface area contributed by atoms with Gasteiger partial charge in [-0.1, -0.05) is 133 Å². The number of nitrogens with two attached hydrogens (primary N) is 1. The van der Waals surface area contributed by atoms with Crippen LogP contribution in [0.15, 0.2) is 219 Å². The topological polar surface area (TPSA) is 86.6 Å². The van der Waals surface area contributed by atoms with Crippen LogP contribution >= 0.6 is 0 Å². The zero-order chi connectivity index (χ0) is 39.0. The molecule has 9 rings (SSSR count). The van der Waals surface area contributed by atoms with Crippen molar-refractivity contribution in [1.29, 1.82) is 10.8 Å². The van der Waals surface area contributed by atoms with Crippen LogP contribution in [0.3, 0.4) is 0 Å². The van der Waals surface area contributed by atoms with Crippen molar-refractivity contribution in [2.45, 2.75) is 0 Å². The Morgan fingerprint density at radius 2 is 0.684 bits per heavy atom. The van der Waals surface area contributed by atoms with Crippen LogP contribution in [0.25, 0.3) is 66.8 Å². The molecule has 0 saturated heterocycles. The summed E-state index contributed by atoms with van der Waals surface area (Å²) in [5.74, 6) is 0. The number of hydrogen-bond acceptors (Lipinski definition) is 4. The normalized spacial score (nSPS) is 12.2. The lowest BCUT2D eigenvalue weighted by molar-refractivity contribution is 1.33. The van der Waals surface area contributed by atoms with Crippen molar-refractivity contribution in [2.75, 3.05) is 5.73 Å². The highest BCUT2D eigenvalue weighted by Crippen LogP contribution is 2.37. The van der Waals surface area contributed by atoms with E-state index in [0.29, 0.717) is 0 Å². The van der Waals surface area contributed by atoms with Gasteiger partial charge in [0, 0.05) is 23.7 Å². The van der Waals surface area contributed by atoms with Gasteiger partial charge in [0.1, 0.15) is 0 Å². The van der Waals surface area contributed by atoms with Crippen molar-refractivity contribution in [2.24, 2.45) is 0 Å². The number of nitrogens with zero attached hydrogens (tertiary/aromatic N) is 1. The van der Waals surface area contributed by atoms with Crippen molar-refractivity contribution < 1.29 is 0 Å². The van der Waals surface area contributed by atoms with E-state index in [9.17, 15) is 0 Å². The summed E-state index contributed by atoms with van der Waals surface area (Å²) in [5.41, 5.74) is 21.6. The fraction of sp³-hybridized carbons (Fsp3) is 0. The van der Waals surface area contributed by atoms with Crippen LogP contribution < -0.4 is 5.73 Å². The van der Waals surface area contributed by atoms with E-state index >= 15 is 0 Å². The minimum Gasteiger partial charge on any atom is -0.399 e. The second-order valence-electron chi connectivity index (χ2n) is 13.9. The molecule has 4 N–H and O–H groups in total. The maximum atomic E-state index is 9.01. The summed E-state index contributed by atoms with van der Waals surface area (Å²) < 4.78 is 0. The quantitative estimate of drug-likeness (QED) is 0.113. The Hall–Kier alpha value is -7.69. The van der Waals surface area contributed by atoms with Crippen molar-refractivity contribution in [1.82, 2.24) is 4.98 Å². The largest absolute Gasteiger partial charge is 0.399 e. The van der Waals surface area contributed by atoms with Crippen molar-refractivity contribution in [3.63, 3.8) is 0 Å². The predicted octanol–water partition coefficient (Wildman–Crippen LogP) is 13.2. The molecule has 0 atom stereocenters. The van der Waals surface area contributed by atoms with Crippen molar-refractivity contribution >= 4 is 28.3 Å². The summed E-state index contributed by atoms with van der Waals surface area (Å²) in [6.07, 6.45) is 7.47. The number of allylic oxidation sites excluding steroid dienone is 4. The van der Waals surface area contributed by atoms with Gasteiger partial charge in [-0.3, -0.25) is 15.8 Å². The average molecular weight is 733 g/mol. The zero-order valence-electron chi connectivity index (χ0n) is 31.3. The number of benzene rings is 7. The molecule has 1 aliphatic carbocycles. The minimum absolute atomic E-state index is 0.204. The van der Waals surface area contributed by atoms with Crippen LogP contribution in [-0.2, 0) is 0 Å². The summed E-state index contributed by atoms with van der Waals surface area (Å²) >= 11 is 0. The maximum absolute atomic E-state index is 9.01. The summed E-state index contributed by atoms with van der Waals surface area (Å²) in [5, 5.41) is 17.9. The highest BCUT2D eigenvalue weighted by atomic mass is 14.6. The third-order valence-corrected chi connectivity index (χ3v) is 10.0. The molecule has 1 heterocycles. The molecule has 0 bridgehead atoms. The summed E-state index contributed by atoms with van der Waals surface area (Å²) in [6, 6.07) is 66.4. The molecule has 1 aliphatic rings. The average Bonchev–Trinajstić information content (AvgIpc) is 3.29. The Labute approximate surface area is 334 Å². The van der Waals surface area contributed by atoms with Crippen molar-refractivity contribution in [3.8, 4) is 55.6 Å². The van der Waals surface area contributed by atoms with E-state index < -0.39 is 0 Å². The third-order valence-electron chi connectivity index (χ3n) is 10.0. The lowest BCUT2D eigenvalue weighted by atomic mass is 9.84. The molecule has 1 aromatic heterocycles. The first-order chi connectivity index (χ1) is 28.0. The monoisotopic (exact) mass is 732 g/mol. The first-order valence-electron chi connectivity index (χ1n) is 18.9. The van der Waals surface area contributed by atoms with Gasteiger partial charge < -0.3 is 5.73 Å². The molecule has 0 spiro atoms. The third kappa shape index (κ3) is 8.51. The van der Waals surface area contributed by atoms with E-state index in [1.165, 1.54) is 0 Å². The van der Waals surface area contributed by atoms with Crippen LogP contribution in [0, 0.1) is 10.8 Å². The standard InChI is InChI=1S/C42H30N2.C11H10N2/c43-41-28-38(37-23-33(29-13-5-1-6-14-29)21-34(24-37)30-15-7-2-8-16-30)27-40(42(41)44)39-25-35(31-17-9-3-10-18-31)22-36(26-39)32-19-11-4-12-20-32;12-11-3-1-9(2-4-11)10-5-7-13-8-6-10/h1-28,43-44H;1-8H,12H2. The Morgan fingerprint density at radius 3 is 1.11 bits per heavy atom. The van der Waals surface area contributed by atoms with Gasteiger partial charge in [0.2, 0.25) is 0 Å².